The Labute approximate surface area is 93.4 Å². The van der Waals surface area contributed by atoms with Gasteiger partial charge in [-0.3, -0.25) is 0 Å². The molecule has 0 unspecified atom stereocenters. The fraction of sp³-hybridized carbons (Fsp3) is 1.00. The largest absolute Gasteiger partial charge is 0.281 e. The number of hydrogen-bond donors (Lipinski definition) is 0. The van der Waals surface area contributed by atoms with E-state index >= 15 is 0 Å². The van der Waals surface area contributed by atoms with Crippen molar-refractivity contribution in [3.05, 3.63) is 0 Å². The standard InChI is InChI=1S/C10H22N2O2S/c1-10(2)11(3)15(13,14)12-8-6-4-5-7-9-12/h10H,4-9H2,1-3H3. The van der Waals surface area contributed by atoms with Crippen molar-refractivity contribution in [1.82, 2.24) is 8.61 Å². The second-order valence-corrected chi connectivity index (χ2v) is 6.42. The highest BCUT2D eigenvalue weighted by atomic mass is 32.2. The number of rotatable bonds is 3. The summed E-state index contributed by atoms with van der Waals surface area (Å²) >= 11 is 0. The van der Waals surface area contributed by atoms with Crippen LogP contribution in [-0.4, -0.2) is 43.2 Å². The topological polar surface area (TPSA) is 40.6 Å². The monoisotopic (exact) mass is 234 g/mol. The highest BCUT2D eigenvalue weighted by Gasteiger charge is 2.28. The molecule has 4 nitrogen and oxygen atoms in total. The molecule has 0 radical (unpaired) electrons. The lowest BCUT2D eigenvalue weighted by molar-refractivity contribution is 0.339. The minimum absolute atomic E-state index is 0.0262. The summed E-state index contributed by atoms with van der Waals surface area (Å²) in [6.07, 6.45) is 4.28. The van der Waals surface area contributed by atoms with Crippen molar-refractivity contribution >= 4 is 10.2 Å². The molecule has 5 heteroatoms. The van der Waals surface area contributed by atoms with Gasteiger partial charge in [-0.2, -0.15) is 17.0 Å². The van der Waals surface area contributed by atoms with Crippen LogP contribution in [0.4, 0.5) is 0 Å². The first kappa shape index (κ1) is 12.9. The van der Waals surface area contributed by atoms with E-state index in [9.17, 15) is 8.42 Å². The van der Waals surface area contributed by atoms with Crippen LogP contribution in [0.2, 0.25) is 0 Å². The normalized spacial score (nSPS) is 20.9. The zero-order chi connectivity index (χ0) is 11.5. The van der Waals surface area contributed by atoms with E-state index < -0.39 is 10.2 Å². The molecular weight excluding hydrogens is 212 g/mol. The van der Waals surface area contributed by atoms with Gasteiger partial charge in [-0.15, -0.1) is 0 Å². The first-order valence-corrected chi connectivity index (χ1v) is 7.09. The van der Waals surface area contributed by atoms with Crippen LogP contribution in [0.1, 0.15) is 39.5 Å². The molecule has 1 rings (SSSR count). The van der Waals surface area contributed by atoms with E-state index in [1.165, 1.54) is 4.31 Å². The molecule has 0 saturated carbocycles. The van der Waals surface area contributed by atoms with Crippen molar-refractivity contribution in [1.29, 1.82) is 0 Å². The van der Waals surface area contributed by atoms with E-state index in [0.717, 1.165) is 25.7 Å². The molecule has 15 heavy (non-hydrogen) atoms. The Balaban J connectivity index is 2.75. The molecule has 0 aromatic heterocycles. The zero-order valence-corrected chi connectivity index (χ0v) is 10.8. The van der Waals surface area contributed by atoms with Crippen LogP contribution in [0.25, 0.3) is 0 Å². The van der Waals surface area contributed by atoms with Crippen LogP contribution in [0.5, 0.6) is 0 Å². The molecule has 1 saturated heterocycles. The lowest BCUT2D eigenvalue weighted by Gasteiger charge is -2.28. The van der Waals surface area contributed by atoms with Crippen molar-refractivity contribution in [2.45, 2.75) is 45.6 Å². The van der Waals surface area contributed by atoms with Gasteiger partial charge in [0.2, 0.25) is 0 Å². The van der Waals surface area contributed by atoms with E-state index in [-0.39, 0.29) is 6.04 Å². The SMILES string of the molecule is CC(C)N(C)S(=O)(=O)N1CCCCCC1. The van der Waals surface area contributed by atoms with Crippen molar-refractivity contribution < 1.29 is 8.42 Å². The summed E-state index contributed by atoms with van der Waals surface area (Å²) in [5.41, 5.74) is 0. The molecule has 0 N–H and O–H groups in total. The van der Waals surface area contributed by atoms with Crippen LogP contribution in [0, 0.1) is 0 Å². The van der Waals surface area contributed by atoms with E-state index in [1.54, 1.807) is 11.4 Å². The van der Waals surface area contributed by atoms with Crippen LogP contribution in [0.3, 0.4) is 0 Å². The van der Waals surface area contributed by atoms with Crippen LogP contribution in [-0.2, 0) is 10.2 Å². The van der Waals surface area contributed by atoms with Gasteiger partial charge in [-0.25, -0.2) is 0 Å². The molecule has 0 bridgehead atoms. The van der Waals surface area contributed by atoms with Crippen molar-refractivity contribution in [3.8, 4) is 0 Å². The smallest absolute Gasteiger partial charge is 0.195 e. The first-order valence-electron chi connectivity index (χ1n) is 5.69. The van der Waals surface area contributed by atoms with Gasteiger partial charge in [0.15, 0.2) is 0 Å². The Morgan fingerprint density at radius 2 is 1.53 bits per heavy atom. The summed E-state index contributed by atoms with van der Waals surface area (Å²) in [5, 5.41) is 0. The molecule has 1 aliphatic rings. The van der Waals surface area contributed by atoms with E-state index in [4.69, 9.17) is 0 Å². The predicted octanol–water partition coefficient (Wildman–Crippen LogP) is 1.45. The highest BCUT2D eigenvalue weighted by Crippen LogP contribution is 2.16. The summed E-state index contributed by atoms with van der Waals surface area (Å²) in [4.78, 5) is 0. The minimum atomic E-state index is -3.22. The number of hydrogen-bond acceptors (Lipinski definition) is 2. The highest BCUT2D eigenvalue weighted by molar-refractivity contribution is 7.86. The van der Waals surface area contributed by atoms with Crippen LogP contribution in [0.15, 0.2) is 0 Å². The van der Waals surface area contributed by atoms with Gasteiger partial charge in [0.25, 0.3) is 10.2 Å². The molecule has 1 fully saturated rings. The van der Waals surface area contributed by atoms with Gasteiger partial charge >= 0.3 is 0 Å². The van der Waals surface area contributed by atoms with E-state index in [0.29, 0.717) is 13.1 Å². The molecule has 1 heterocycles. The molecule has 0 amide bonds. The fourth-order valence-corrected chi connectivity index (χ4v) is 3.34. The van der Waals surface area contributed by atoms with Crippen molar-refractivity contribution in [2.75, 3.05) is 20.1 Å². The molecule has 0 aromatic rings. The Kier molecular flexibility index (Phi) is 4.55. The molecule has 90 valence electrons. The van der Waals surface area contributed by atoms with Gasteiger partial charge < -0.3 is 0 Å². The number of nitrogens with zero attached hydrogens (tertiary/aromatic N) is 2. The summed E-state index contributed by atoms with van der Waals surface area (Å²) in [5.74, 6) is 0. The van der Waals surface area contributed by atoms with Gasteiger partial charge in [0.05, 0.1) is 0 Å². The second-order valence-electron chi connectivity index (χ2n) is 4.43. The maximum absolute atomic E-state index is 12.1. The average molecular weight is 234 g/mol. The second kappa shape index (κ2) is 5.27. The van der Waals surface area contributed by atoms with Gasteiger partial charge in [0, 0.05) is 26.2 Å². The van der Waals surface area contributed by atoms with Crippen molar-refractivity contribution in [3.63, 3.8) is 0 Å². The third kappa shape index (κ3) is 3.16. The van der Waals surface area contributed by atoms with E-state index in [2.05, 4.69) is 0 Å². The van der Waals surface area contributed by atoms with Crippen molar-refractivity contribution in [2.24, 2.45) is 0 Å². The van der Waals surface area contributed by atoms with Gasteiger partial charge in [-0.05, 0) is 26.7 Å². The fourth-order valence-electron chi connectivity index (χ4n) is 1.72. The maximum Gasteiger partial charge on any atom is 0.281 e. The summed E-state index contributed by atoms with van der Waals surface area (Å²) in [6.45, 7) is 5.16. The van der Waals surface area contributed by atoms with Crippen LogP contribution >= 0.6 is 0 Å². The molecule has 0 spiro atoms. The van der Waals surface area contributed by atoms with Crippen LogP contribution < -0.4 is 0 Å². The predicted molar refractivity (Wildman–Crippen MR) is 61.9 cm³/mol. The molecule has 0 atom stereocenters. The molecular formula is C10H22N2O2S. The van der Waals surface area contributed by atoms with Gasteiger partial charge in [0.1, 0.15) is 0 Å². The zero-order valence-electron chi connectivity index (χ0n) is 9.94. The molecule has 0 aromatic carbocycles. The Bertz CT molecular complexity index is 280. The third-order valence-electron chi connectivity index (χ3n) is 2.98. The lowest BCUT2D eigenvalue weighted by atomic mass is 10.2. The minimum Gasteiger partial charge on any atom is -0.195 e. The molecule has 0 aliphatic carbocycles. The quantitative estimate of drug-likeness (QED) is 0.741. The summed E-state index contributed by atoms with van der Waals surface area (Å²) in [7, 11) is -1.56. The lowest BCUT2D eigenvalue weighted by Crippen LogP contribution is -2.45. The Hall–Kier alpha value is -0.130. The molecule has 1 aliphatic heterocycles. The first-order chi connectivity index (χ1) is 6.96. The third-order valence-corrected chi connectivity index (χ3v) is 5.15. The van der Waals surface area contributed by atoms with E-state index in [1.807, 2.05) is 13.8 Å². The Morgan fingerprint density at radius 1 is 1.07 bits per heavy atom. The average Bonchev–Trinajstić information content (AvgIpc) is 2.44. The van der Waals surface area contributed by atoms with Gasteiger partial charge in [-0.1, -0.05) is 12.8 Å². The Morgan fingerprint density at radius 3 is 1.93 bits per heavy atom. The summed E-state index contributed by atoms with van der Waals surface area (Å²) < 4.78 is 27.3. The maximum atomic E-state index is 12.1. The summed E-state index contributed by atoms with van der Waals surface area (Å²) in [6, 6.07) is 0.0262.